The summed E-state index contributed by atoms with van der Waals surface area (Å²) in [6, 6.07) is 13.0. The first-order chi connectivity index (χ1) is 12.5. The van der Waals surface area contributed by atoms with Crippen molar-refractivity contribution in [1.29, 1.82) is 0 Å². The largest absolute Gasteiger partial charge is 0.495 e. The van der Waals surface area contributed by atoms with Gasteiger partial charge in [0.05, 0.1) is 20.1 Å². The second-order valence-corrected chi connectivity index (χ2v) is 7.12. The van der Waals surface area contributed by atoms with Crippen LogP contribution >= 0.6 is 0 Å². The molecule has 0 aliphatic carbocycles. The zero-order valence-electron chi connectivity index (χ0n) is 14.7. The van der Waals surface area contributed by atoms with Crippen LogP contribution in [0.1, 0.15) is 5.56 Å². The molecule has 2 N–H and O–H groups in total. The zero-order valence-corrected chi connectivity index (χ0v) is 15.5. The lowest BCUT2D eigenvalue weighted by Crippen LogP contribution is -2.28. The molecule has 0 aromatic heterocycles. The normalized spacial score (nSPS) is 11.0. The van der Waals surface area contributed by atoms with Crippen LogP contribution < -0.4 is 14.8 Å². The molecule has 2 rings (SSSR count). The lowest BCUT2D eigenvalue weighted by atomic mass is 10.1. The van der Waals surface area contributed by atoms with Gasteiger partial charge < -0.3 is 14.8 Å². The molecule has 0 aliphatic rings. The van der Waals surface area contributed by atoms with E-state index in [2.05, 4.69) is 10.0 Å². The molecule has 0 saturated carbocycles. The van der Waals surface area contributed by atoms with E-state index in [-0.39, 0.29) is 23.0 Å². The van der Waals surface area contributed by atoms with Crippen molar-refractivity contribution in [3.8, 4) is 5.75 Å². The van der Waals surface area contributed by atoms with Crippen LogP contribution in [0.5, 0.6) is 5.75 Å². The first-order valence-corrected chi connectivity index (χ1v) is 9.45. The molecule has 0 fully saturated rings. The van der Waals surface area contributed by atoms with Crippen molar-refractivity contribution < 1.29 is 22.7 Å². The van der Waals surface area contributed by atoms with Gasteiger partial charge in [0.1, 0.15) is 10.6 Å². The first-order valence-electron chi connectivity index (χ1n) is 7.96. The minimum atomic E-state index is -3.78. The van der Waals surface area contributed by atoms with E-state index in [0.717, 1.165) is 5.56 Å². The number of methoxy groups -OCH3 is 2. The quantitative estimate of drug-likeness (QED) is 0.649. The summed E-state index contributed by atoms with van der Waals surface area (Å²) in [7, 11) is -0.791. The minimum absolute atomic E-state index is 0.0593. The van der Waals surface area contributed by atoms with E-state index in [1.807, 2.05) is 0 Å². The molecular weight excluding hydrogens is 356 g/mol. The summed E-state index contributed by atoms with van der Waals surface area (Å²) in [5, 5.41) is 2.73. The summed E-state index contributed by atoms with van der Waals surface area (Å²) >= 11 is 0. The van der Waals surface area contributed by atoms with Gasteiger partial charge in [0, 0.05) is 19.3 Å². The number of ether oxygens (including phenoxy) is 2. The van der Waals surface area contributed by atoms with Gasteiger partial charge in [0.25, 0.3) is 10.0 Å². The number of nitrogens with one attached hydrogen (secondary N) is 2. The van der Waals surface area contributed by atoms with E-state index in [1.165, 1.54) is 13.2 Å². The number of benzene rings is 2. The summed E-state index contributed by atoms with van der Waals surface area (Å²) in [5.41, 5.74) is 1.18. The van der Waals surface area contributed by atoms with Crippen LogP contribution in [0.15, 0.2) is 53.4 Å². The Morgan fingerprint density at radius 1 is 1.04 bits per heavy atom. The number of carbonyl (C=O) groups excluding carboxylic acids is 1. The number of hydrogen-bond donors (Lipinski definition) is 2. The third-order valence-electron chi connectivity index (χ3n) is 3.56. The standard InChI is InChI=1S/C18H22N2O5S/c1-24-12-11-19-18(21)13-14-7-9-15(10-8-14)20-26(22,23)17-6-4-3-5-16(17)25-2/h3-10,20H,11-13H2,1-2H3,(H,19,21). The van der Waals surface area contributed by atoms with Gasteiger partial charge in [-0.2, -0.15) is 0 Å². The highest BCUT2D eigenvalue weighted by Crippen LogP contribution is 2.25. The van der Waals surface area contributed by atoms with Crippen LogP contribution in [0.2, 0.25) is 0 Å². The van der Waals surface area contributed by atoms with Crippen molar-refractivity contribution in [2.75, 3.05) is 32.1 Å². The Labute approximate surface area is 153 Å². The van der Waals surface area contributed by atoms with Gasteiger partial charge in [-0.15, -0.1) is 0 Å². The monoisotopic (exact) mass is 378 g/mol. The Balaban J connectivity index is 2.03. The number of hydrogen-bond acceptors (Lipinski definition) is 5. The maximum absolute atomic E-state index is 12.5. The summed E-state index contributed by atoms with van der Waals surface area (Å²) in [6.45, 7) is 0.904. The molecule has 2 aromatic rings. The van der Waals surface area contributed by atoms with Crippen LogP contribution in [0, 0.1) is 0 Å². The van der Waals surface area contributed by atoms with Gasteiger partial charge >= 0.3 is 0 Å². The predicted molar refractivity (Wildman–Crippen MR) is 98.8 cm³/mol. The Kier molecular flexibility index (Phi) is 6.99. The van der Waals surface area contributed by atoms with E-state index < -0.39 is 10.0 Å². The Bertz CT molecular complexity index is 835. The average molecular weight is 378 g/mol. The molecule has 140 valence electrons. The van der Waals surface area contributed by atoms with E-state index in [9.17, 15) is 13.2 Å². The van der Waals surface area contributed by atoms with Crippen molar-refractivity contribution in [2.45, 2.75) is 11.3 Å². The van der Waals surface area contributed by atoms with Crippen molar-refractivity contribution >= 4 is 21.6 Å². The summed E-state index contributed by atoms with van der Waals surface area (Å²) < 4.78 is 37.5. The smallest absolute Gasteiger partial charge is 0.265 e. The maximum atomic E-state index is 12.5. The minimum Gasteiger partial charge on any atom is -0.495 e. The van der Waals surface area contributed by atoms with Gasteiger partial charge in [0.15, 0.2) is 0 Å². The highest BCUT2D eigenvalue weighted by Gasteiger charge is 2.19. The van der Waals surface area contributed by atoms with Gasteiger partial charge in [-0.05, 0) is 29.8 Å². The number of amides is 1. The molecule has 26 heavy (non-hydrogen) atoms. The van der Waals surface area contributed by atoms with Gasteiger partial charge in [-0.1, -0.05) is 24.3 Å². The molecule has 1 amide bonds. The summed E-state index contributed by atoms with van der Waals surface area (Å²) in [4.78, 5) is 11.8. The van der Waals surface area contributed by atoms with Gasteiger partial charge in [0.2, 0.25) is 5.91 Å². The van der Waals surface area contributed by atoms with Gasteiger partial charge in [-0.25, -0.2) is 8.42 Å². The molecule has 0 unspecified atom stereocenters. The second-order valence-electron chi connectivity index (χ2n) is 5.47. The van der Waals surface area contributed by atoms with Crippen molar-refractivity contribution in [1.82, 2.24) is 5.32 Å². The van der Waals surface area contributed by atoms with Crippen LogP contribution in [-0.2, 0) is 26.0 Å². The first kappa shape index (κ1) is 19.7. The van der Waals surface area contributed by atoms with Crippen molar-refractivity contribution in [2.24, 2.45) is 0 Å². The average Bonchev–Trinajstić information content (AvgIpc) is 2.63. The fourth-order valence-corrected chi connectivity index (χ4v) is 3.51. The summed E-state index contributed by atoms with van der Waals surface area (Å²) in [5.74, 6) is 0.147. The lowest BCUT2D eigenvalue weighted by Gasteiger charge is -2.12. The van der Waals surface area contributed by atoms with Crippen LogP contribution in [-0.4, -0.2) is 41.7 Å². The molecule has 2 aromatic carbocycles. The number of para-hydroxylation sites is 1. The highest BCUT2D eigenvalue weighted by atomic mass is 32.2. The van der Waals surface area contributed by atoms with Crippen LogP contribution in [0.25, 0.3) is 0 Å². The number of sulfonamides is 1. The topological polar surface area (TPSA) is 93.7 Å². The molecule has 0 spiro atoms. The molecule has 8 heteroatoms. The molecular formula is C18H22N2O5S. The molecule has 7 nitrogen and oxygen atoms in total. The molecule has 0 aliphatic heterocycles. The third-order valence-corrected chi connectivity index (χ3v) is 4.98. The van der Waals surface area contributed by atoms with E-state index in [0.29, 0.717) is 18.8 Å². The Morgan fingerprint density at radius 3 is 2.38 bits per heavy atom. The molecule has 0 radical (unpaired) electrons. The van der Waals surface area contributed by atoms with E-state index in [1.54, 1.807) is 49.6 Å². The second kappa shape index (κ2) is 9.21. The highest BCUT2D eigenvalue weighted by molar-refractivity contribution is 7.92. The lowest BCUT2D eigenvalue weighted by molar-refractivity contribution is -0.120. The van der Waals surface area contributed by atoms with Crippen LogP contribution in [0.4, 0.5) is 5.69 Å². The van der Waals surface area contributed by atoms with Crippen molar-refractivity contribution in [3.63, 3.8) is 0 Å². The zero-order chi connectivity index (χ0) is 19.0. The molecule has 0 bridgehead atoms. The fraction of sp³-hybridized carbons (Fsp3) is 0.278. The SMILES string of the molecule is COCCNC(=O)Cc1ccc(NS(=O)(=O)c2ccccc2OC)cc1. The number of rotatable bonds is 9. The predicted octanol–water partition coefficient (Wildman–Crippen LogP) is 1.80. The third kappa shape index (κ3) is 5.47. The maximum Gasteiger partial charge on any atom is 0.265 e. The molecule has 0 atom stereocenters. The summed E-state index contributed by atoms with van der Waals surface area (Å²) in [6.07, 6.45) is 0.212. The van der Waals surface area contributed by atoms with E-state index in [4.69, 9.17) is 9.47 Å². The van der Waals surface area contributed by atoms with E-state index >= 15 is 0 Å². The molecule has 0 saturated heterocycles. The van der Waals surface area contributed by atoms with Crippen molar-refractivity contribution in [3.05, 3.63) is 54.1 Å². The van der Waals surface area contributed by atoms with Gasteiger partial charge in [-0.3, -0.25) is 9.52 Å². The van der Waals surface area contributed by atoms with Crippen LogP contribution in [0.3, 0.4) is 0 Å². The Hall–Kier alpha value is -2.58. The Morgan fingerprint density at radius 2 is 1.73 bits per heavy atom. The molecule has 0 heterocycles. The number of anilines is 1. The number of carbonyl (C=O) groups is 1. The fourth-order valence-electron chi connectivity index (χ4n) is 2.28.